The van der Waals surface area contributed by atoms with E-state index in [-0.39, 0.29) is 11.5 Å². The van der Waals surface area contributed by atoms with Crippen molar-refractivity contribution in [2.24, 2.45) is 5.73 Å². The number of hydrogen-bond acceptors (Lipinski definition) is 3. The molecule has 0 unspecified atom stereocenters. The molecule has 0 atom stereocenters. The monoisotopic (exact) mass is 246 g/mol. The summed E-state index contributed by atoms with van der Waals surface area (Å²) in [5.74, 6) is -0.361. The molecule has 18 heavy (non-hydrogen) atoms. The Hall–Kier alpha value is -2.30. The summed E-state index contributed by atoms with van der Waals surface area (Å²) in [4.78, 5) is 14.9. The maximum Gasteiger partial charge on any atom is 0.271 e. The predicted octanol–water partition coefficient (Wildman–Crippen LogP) is 1.89. The molecule has 1 aromatic heterocycles. The van der Waals surface area contributed by atoms with Gasteiger partial charge < -0.3 is 11.5 Å². The summed E-state index contributed by atoms with van der Waals surface area (Å²) in [6.07, 6.45) is 1.49. The number of primary amides is 1. The Balaban J connectivity index is 0.000000771. The van der Waals surface area contributed by atoms with Crippen molar-refractivity contribution in [3.8, 4) is 5.69 Å². The standard InChI is InChI=1S/C11H12N4O.C2H6/c1-7-2-4-8(5-3-7)15-6-14-9(10(15)12)11(13)16;1-2/h2-6H,12H2,1H3,(H2,13,16);1-2H3. The van der Waals surface area contributed by atoms with E-state index in [1.165, 1.54) is 6.33 Å². The first-order valence-electron chi connectivity index (χ1n) is 5.79. The first-order chi connectivity index (χ1) is 8.59. The molecular formula is C13H18N4O. The number of nitrogens with two attached hydrogens (primary N) is 2. The number of benzene rings is 1. The van der Waals surface area contributed by atoms with Crippen molar-refractivity contribution in [3.05, 3.63) is 41.9 Å². The number of nitrogen functional groups attached to an aromatic ring is 1. The lowest BCUT2D eigenvalue weighted by molar-refractivity contribution is 0.0997. The Morgan fingerprint density at radius 3 is 2.22 bits per heavy atom. The summed E-state index contributed by atoms with van der Waals surface area (Å²) >= 11 is 0. The Labute approximate surface area is 106 Å². The highest BCUT2D eigenvalue weighted by Gasteiger charge is 2.13. The summed E-state index contributed by atoms with van der Waals surface area (Å²) < 4.78 is 1.62. The summed E-state index contributed by atoms with van der Waals surface area (Å²) in [7, 11) is 0. The van der Waals surface area contributed by atoms with Crippen LogP contribution in [0.3, 0.4) is 0 Å². The minimum absolute atomic E-state index is 0.0978. The van der Waals surface area contributed by atoms with E-state index in [1.807, 2.05) is 45.0 Å². The predicted molar refractivity (Wildman–Crippen MR) is 72.6 cm³/mol. The van der Waals surface area contributed by atoms with Crippen LogP contribution in [0.15, 0.2) is 30.6 Å². The molecule has 0 radical (unpaired) electrons. The lowest BCUT2D eigenvalue weighted by Crippen LogP contribution is -2.14. The molecule has 1 heterocycles. The van der Waals surface area contributed by atoms with Gasteiger partial charge in [-0.3, -0.25) is 9.36 Å². The zero-order valence-corrected chi connectivity index (χ0v) is 10.8. The number of nitrogens with zero attached hydrogens (tertiary/aromatic N) is 2. The number of aryl methyl sites for hydroxylation is 1. The van der Waals surface area contributed by atoms with E-state index in [0.717, 1.165) is 11.3 Å². The zero-order valence-electron chi connectivity index (χ0n) is 10.8. The summed E-state index contributed by atoms with van der Waals surface area (Å²) in [6.45, 7) is 6.00. The Morgan fingerprint density at radius 1 is 1.22 bits per heavy atom. The second kappa shape index (κ2) is 5.86. The molecule has 0 saturated heterocycles. The fourth-order valence-corrected chi connectivity index (χ4v) is 1.46. The molecule has 0 saturated carbocycles. The van der Waals surface area contributed by atoms with Gasteiger partial charge in [0.1, 0.15) is 12.1 Å². The van der Waals surface area contributed by atoms with Crippen LogP contribution in [0, 0.1) is 6.92 Å². The molecule has 5 nitrogen and oxygen atoms in total. The van der Waals surface area contributed by atoms with Gasteiger partial charge in [-0.05, 0) is 19.1 Å². The average Bonchev–Trinajstić information content (AvgIpc) is 2.75. The van der Waals surface area contributed by atoms with Crippen LogP contribution in [-0.2, 0) is 0 Å². The van der Waals surface area contributed by atoms with Gasteiger partial charge in [-0.2, -0.15) is 0 Å². The van der Waals surface area contributed by atoms with Crippen LogP contribution in [-0.4, -0.2) is 15.5 Å². The summed E-state index contributed by atoms with van der Waals surface area (Å²) in [5, 5.41) is 0. The van der Waals surface area contributed by atoms with Gasteiger partial charge in [0.05, 0.1) is 0 Å². The lowest BCUT2D eigenvalue weighted by Gasteiger charge is -2.05. The van der Waals surface area contributed by atoms with Crippen LogP contribution in [0.1, 0.15) is 29.9 Å². The SMILES string of the molecule is CC.Cc1ccc(-n2cnc(C(N)=O)c2N)cc1. The quantitative estimate of drug-likeness (QED) is 0.848. The molecule has 0 spiro atoms. The minimum atomic E-state index is -0.622. The Kier molecular flexibility index (Phi) is 4.48. The number of amides is 1. The third-order valence-corrected chi connectivity index (χ3v) is 2.35. The average molecular weight is 246 g/mol. The fourth-order valence-electron chi connectivity index (χ4n) is 1.46. The molecule has 1 aromatic carbocycles. The van der Waals surface area contributed by atoms with Crippen LogP contribution in [0.25, 0.3) is 5.69 Å². The maximum atomic E-state index is 11.0. The zero-order chi connectivity index (χ0) is 13.7. The number of anilines is 1. The molecule has 1 amide bonds. The van der Waals surface area contributed by atoms with E-state index >= 15 is 0 Å². The molecule has 0 aliphatic rings. The number of carbonyl (C=O) groups excluding carboxylic acids is 1. The van der Waals surface area contributed by atoms with Crippen molar-refractivity contribution in [3.63, 3.8) is 0 Å². The van der Waals surface area contributed by atoms with E-state index in [4.69, 9.17) is 11.5 Å². The molecule has 2 rings (SSSR count). The highest BCUT2D eigenvalue weighted by Crippen LogP contribution is 2.16. The van der Waals surface area contributed by atoms with Gasteiger partial charge in [0.25, 0.3) is 5.91 Å². The third kappa shape index (κ3) is 2.68. The van der Waals surface area contributed by atoms with Crippen molar-refractivity contribution < 1.29 is 4.79 Å². The van der Waals surface area contributed by atoms with E-state index < -0.39 is 5.91 Å². The lowest BCUT2D eigenvalue weighted by atomic mass is 10.2. The van der Waals surface area contributed by atoms with E-state index in [0.29, 0.717) is 0 Å². The molecule has 2 aromatic rings. The molecular weight excluding hydrogens is 228 g/mol. The van der Waals surface area contributed by atoms with Gasteiger partial charge in [0, 0.05) is 5.69 Å². The van der Waals surface area contributed by atoms with Crippen molar-refractivity contribution in [1.82, 2.24) is 9.55 Å². The second-order valence-corrected chi connectivity index (χ2v) is 3.55. The van der Waals surface area contributed by atoms with Crippen LogP contribution < -0.4 is 11.5 Å². The first-order valence-corrected chi connectivity index (χ1v) is 5.79. The largest absolute Gasteiger partial charge is 0.383 e. The van der Waals surface area contributed by atoms with Gasteiger partial charge in [0.15, 0.2) is 5.69 Å². The third-order valence-electron chi connectivity index (χ3n) is 2.35. The highest BCUT2D eigenvalue weighted by atomic mass is 16.1. The van der Waals surface area contributed by atoms with Crippen molar-refractivity contribution in [1.29, 1.82) is 0 Å². The smallest absolute Gasteiger partial charge is 0.271 e. The van der Waals surface area contributed by atoms with Crippen LogP contribution >= 0.6 is 0 Å². The minimum Gasteiger partial charge on any atom is -0.383 e. The maximum absolute atomic E-state index is 11.0. The molecule has 0 bridgehead atoms. The first kappa shape index (κ1) is 13.8. The van der Waals surface area contributed by atoms with Crippen molar-refractivity contribution in [2.75, 3.05) is 5.73 Å². The van der Waals surface area contributed by atoms with Gasteiger partial charge in [-0.1, -0.05) is 31.5 Å². The summed E-state index contributed by atoms with van der Waals surface area (Å²) in [6, 6.07) is 7.72. The second-order valence-electron chi connectivity index (χ2n) is 3.55. The van der Waals surface area contributed by atoms with Gasteiger partial charge in [-0.25, -0.2) is 4.98 Å². The molecule has 4 N–H and O–H groups in total. The van der Waals surface area contributed by atoms with Crippen LogP contribution in [0.5, 0.6) is 0 Å². The van der Waals surface area contributed by atoms with E-state index in [2.05, 4.69) is 4.98 Å². The number of carbonyl (C=O) groups is 1. The molecule has 0 fully saturated rings. The highest BCUT2D eigenvalue weighted by molar-refractivity contribution is 5.95. The Bertz CT molecular complexity index is 528. The van der Waals surface area contributed by atoms with Gasteiger partial charge >= 0.3 is 0 Å². The fraction of sp³-hybridized carbons (Fsp3) is 0.231. The van der Waals surface area contributed by atoms with E-state index in [1.54, 1.807) is 4.57 Å². The number of hydrogen-bond donors (Lipinski definition) is 2. The van der Waals surface area contributed by atoms with Gasteiger partial charge in [-0.15, -0.1) is 0 Å². The topological polar surface area (TPSA) is 86.9 Å². The van der Waals surface area contributed by atoms with Crippen molar-refractivity contribution in [2.45, 2.75) is 20.8 Å². The number of imidazole rings is 1. The Morgan fingerprint density at radius 2 is 1.78 bits per heavy atom. The van der Waals surface area contributed by atoms with Crippen LogP contribution in [0.4, 0.5) is 5.82 Å². The molecule has 96 valence electrons. The molecule has 0 aliphatic carbocycles. The van der Waals surface area contributed by atoms with Crippen molar-refractivity contribution >= 4 is 11.7 Å². The number of aromatic nitrogens is 2. The molecule has 0 aliphatic heterocycles. The number of rotatable bonds is 2. The van der Waals surface area contributed by atoms with Gasteiger partial charge in [0.2, 0.25) is 0 Å². The molecule has 5 heteroatoms. The summed E-state index contributed by atoms with van der Waals surface area (Å²) in [5.41, 5.74) is 13.0. The normalized spacial score (nSPS) is 9.50. The van der Waals surface area contributed by atoms with Crippen LogP contribution in [0.2, 0.25) is 0 Å². The van der Waals surface area contributed by atoms with E-state index in [9.17, 15) is 4.79 Å².